The Morgan fingerprint density at radius 2 is 1.32 bits per heavy atom. The molecule has 3 aliphatic rings. The summed E-state index contributed by atoms with van der Waals surface area (Å²) in [7, 11) is -16.5. The summed E-state index contributed by atoms with van der Waals surface area (Å²) >= 11 is 11.0. The molecule has 4 unspecified atom stereocenters. The van der Waals surface area contributed by atoms with Gasteiger partial charge in [0.1, 0.15) is 9.58 Å². The Labute approximate surface area is 166 Å². The highest BCUT2D eigenvalue weighted by Gasteiger charge is 2.80. The fraction of sp³-hybridized carbons (Fsp3) is 1.00. The van der Waals surface area contributed by atoms with Crippen molar-refractivity contribution in [1.82, 2.24) is 0 Å². The van der Waals surface area contributed by atoms with Gasteiger partial charge in [-0.05, 0) is 0 Å². The highest BCUT2D eigenvalue weighted by Crippen LogP contribution is 2.58. The first-order valence-electron chi connectivity index (χ1n) is 7.15. The number of halogens is 6. The topological polar surface area (TPSA) is 141 Å². The molecule has 0 aliphatic heterocycles. The zero-order valence-electron chi connectivity index (χ0n) is 13.1. The minimum atomic E-state index is -5.88. The van der Waals surface area contributed by atoms with Gasteiger partial charge < -0.3 is 0 Å². The summed E-state index contributed by atoms with van der Waals surface area (Å²) in [6.45, 7) is 0. The maximum atomic E-state index is 13.9. The van der Waals surface area contributed by atoms with Gasteiger partial charge in [-0.3, -0.25) is 8.74 Å². The molecule has 1 N–H and O–H groups in total. The predicted octanol–water partition coefficient (Wildman–Crippen LogP) is 1.02. The van der Waals surface area contributed by atoms with Crippen LogP contribution in [0.2, 0.25) is 0 Å². The van der Waals surface area contributed by atoms with Gasteiger partial charge in [0.25, 0.3) is 47.1 Å². The average molecular weight is 517 g/mol. The lowest BCUT2D eigenvalue weighted by Crippen LogP contribution is -2.72. The van der Waals surface area contributed by atoms with E-state index in [4.69, 9.17) is 23.2 Å². The van der Waals surface area contributed by atoms with E-state index in [1.807, 2.05) is 0 Å². The third kappa shape index (κ3) is 3.52. The van der Waals surface area contributed by atoms with Gasteiger partial charge in [-0.15, -0.1) is 23.2 Å². The smallest absolute Gasteiger partial charge is 0.283 e. The van der Waals surface area contributed by atoms with E-state index in [0.717, 1.165) is 0 Å². The maximum absolute atomic E-state index is 13.9. The molecule has 0 saturated heterocycles. The molecule has 0 aromatic rings. The summed E-state index contributed by atoms with van der Waals surface area (Å²) in [5.74, 6) is -8.15. The van der Waals surface area contributed by atoms with Gasteiger partial charge in [-0.2, -0.15) is 25.3 Å². The Balaban J connectivity index is 1.97. The van der Waals surface area contributed by atoms with E-state index in [1.54, 1.807) is 0 Å². The second-order valence-corrected chi connectivity index (χ2v) is 13.3. The average Bonchev–Trinajstić information content (AvgIpc) is 3.29. The highest BCUT2D eigenvalue weighted by atomic mass is 35.5. The van der Waals surface area contributed by atoms with Crippen molar-refractivity contribution in [3.8, 4) is 0 Å². The molecule has 0 bridgehead atoms. The molecule has 0 aromatic carbocycles. The van der Waals surface area contributed by atoms with Crippen LogP contribution in [-0.2, 0) is 38.7 Å². The molecule has 0 heterocycles. The van der Waals surface area contributed by atoms with Crippen molar-refractivity contribution in [3.05, 3.63) is 0 Å². The predicted molar refractivity (Wildman–Crippen MR) is 83.8 cm³/mol. The van der Waals surface area contributed by atoms with E-state index < -0.39 is 87.3 Å². The SMILES string of the molecule is O=S(=O)(OC1C(F)(F)CC1(OS(=O)(=O)C1CC1(Cl)Cl)S(=O)(=O)O)C1CC1(F)F. The van der Waals surface area contributed by atoms with Crippen molar-refractivity contribution in [2.45, 2.75) is 57.0 Å². The van der Waals surface area contributed by atoms with Crippen LogP contribution in [0.1, 0.15) is 19.3 Å². The first-order chi connectivity index (χ1) is 12.2. The zero-order valence-corrected chi connectivity index (χ0v) is 17.0. The monoisotopic (exact) mass is 516 g/mol. The lowest BCUT2D eigenvalue weighted by atomic mass is 9.86. The molecule has 3 aliphatic carbocycles. The molecule has 0 amide bonds. The molecule has 28 heavy (non-hydrogen) atoms. The summed E-state index contributed by atoms with van der Waals surface area (Å²) < 4.78 is 140. The third-order valence-corrected chi connectivity index (χ3v) is 10.4. The number of hydrogen-bond donors (Lipinski definition) is 1. The fourth-order valence-corrected chi connectivity index (χ4v) is 8.44. The van der Waals surface area contributed by atoms with Crippen LogP contribution < -0.4 is 0 Å². The molecule has 3 rings (SSSR count). The minimum Gasteiger partial charge on any atom is -0.283 e. The third-order valence-electron chi connectivity index (χ3n) is 4.42. The number of alkyl halides is 6. The molecule has 18 heteroatoms. The Morgan fingerprint density at radius 3 is 1.64 bits per heavy atom. The van der Waals surface area contributed by atoms with Crippen LogP contribution in [0, 0.1) is 0 Å². The molecule has 0 aromatic heterocycles. The quantitative estimate of drug-likeness (QED) is 0.227. The van der Waals surface area contributed by atoms with Crippen molar-refractivity contribution in [1.29, 1.82) is 0 Å². The molecule has 0 spiro atoms. The van der Waals surface area contributed by atoms with Gasteiger partial charge in [0.15, 0.2) is 11.4 Å². The Hall–Kier alpha value is 0.0300. The van der Waals surface area contributed by atoms with Crippen LogP contribution in [0.15, 0.2) is 0 Å². The molecule has 9 nitrogen and oxygen atoms in total. The van der Waals surface area contributed by atoms with Gasteiger partial charge in [0, 0.05) is 12.8 Å². The van der Waals surface area contributed by atoms with Gasteiger partial charge in [0.2, 0.25) is 0 Å². The minimum absolute atomic E-state index is 0.478. The maximum Gasteiger partial charge on any atom is 0.299 e. The Bertz CT molecular complexity index is 1030. The van der Waals surface area contributed by atoms with E-state index in [1.165, 1.54) is 0 Å². The summed E-state index contributed by atoms with van der Waals surface area (Å²) in [4.78, 5) is -3.79. The van der Waals surface area contributed by atoms with Gasteiger partial charge >= 0.3 is 0 Å². The Kier molecular flexibility index (Phi) is 4.73. The lowest BCUT2D eigenvalue weighted by Gasteiger charge is -2.48. The fourth-order valence-electron chi connectivity index (χ4n) is 2.65. The summed E-state index contributed by atoms with van der Waals surface area (Å²) in [5, 5.41) is -4.30. The first kappa shape index (κ1) is 22.7. The number of hydrogen-bond acceptors (Lipinski definition) is 8. The standard InChI is InChI=1S/C10H10Cl2F4O9S3/c11-7(12)1-4(7)27(19,20)25-10(28(21,22)23)3-9(15,16)6(10)24-26(17,18)5-2-8(5,13)14/h4-6H,1-3H2,(H,21,22,23). The van der Waals surface area contributed by atoms with E-state index in [9.17, 15) is 47.4 Å². The van der Waals surface area contributed by atoms with Crippen LogP contribution >= 0.6 is 23.2 Å². The van der Waals surface area contributed by atoms with Crippen molar-refractivity contribution < 1.29 is 55.7 Å². The van der Waals surface area contributed by atoms with Gasteiger partial charge in [-0.1, -0.05) is 0 Å². The summed E-state index contributed by atoms with van der Waals surface area (Å²) in [6.07, 6.45) is -7.21. The second-order valence-electron chi connectivity index (χ2n) is 6.68. The van der Waals surface area contributed by atoms with Crippen LogP contribution in [0.4, 0.5) is 17.6 Å². The van der Waals surface area contributed by atoms with E-state index in [0.29, 0.717) is 0 Å². The van der Waals surface area contributed by atoms with Crippen molar-refractivity contribution in [2.75, 3.05) is 0 Å². The summed E-state index contributed by atoms with van der Waals surface area (Å²) in [5.41, 5.74) is 0. The highest BCUT2D eigenvalue weighted by molar-refractivity contribution is 7.91. The largest absolute Gasteiger partial charge is 0.299 e. The van der Waals surface area contributed by atoms with Crippen LogP contribution in [-0.4, -0.2) is 67.5 Å². The molecule has 3 saturated carbocycles. The first-order valence-corrected chi connectivity index (χ1v) is 12.3. The van der Waals surface area contributed by atoms with Crippen molar-refractivity contribution in [3.63, 3.8) is 0 Å². The van der Waals surface area contributed by atoms with Crippen LogP contribution in [0.25, 0.3) is 0 Å². The summed E-state index contributed by atoms with van der Waals surface area (Å²) in [6, 6.07) is 0. The lowest BCUT2D eigenvalue weighted by molar-refractivity contribution is -0.237. The zero-order chi connectivity index (χ0) is 21.8. The normalized spacial score (nSPS) is 38.5. The van der Waals surface area contributed by atoms with Gasteiger partial charge in [-0.25, -0.2) is 21.7 Å². The molecule has 164 valence electrons. The van der Waals surface area contributed by atoms with E-state index in [2.05, 4.69) is 8.37 Å². The molecular weight excluding hydrogens is 507 g/mol. The molecule has 0 radical (unpaired) electrons. The van der Waals surface area contributed by atoms with E-state index >= 15 is 0 Å². The second kappa shape index (κ2) is 5.83. The van der Waals surface area contributed by atoms with Gasteiger partial charge in [0.05, 0.1) is 6.42 Å². The number of rotatable bonds is 7. The Morgan fingerprint density at radius 1 is 0.857 bits per heavy atom. The molecular formula is C10H10Cl2F4O9S3. The van der Waals surface area contributed by atoms with Crippen molar-refractivity contribution >= 4 is 53.6 Å². The molecule has 4 atom stereocenters. The van der Waals surface area contributed by atoms with Crippen molar-refractivity contribution in [2.24, 2.45) is 0 Å². The van der Waals surface area contributed by atoms with E-state index in [-0.39, 0.29) is 0 Å². The van der Waals surface area contributed by atoms with Crippen LogP contribution in [0.5, 0.6) is 0 Å². The van der Waals surface area contributed by atoms with Crippen LogP contribution in [0.3, 0.4) is 0 Å². The molecule has 3 fully saturated rings.